The van der Waals surface area contributed by atoms with Crippen LogP contribution < -0.4 is 14.8 Å². The Bertz CT molecular complexity index is 823. The number of ether oxygens (including phenoxy) is 2. The molecule has 2 aromatic rings. The van der Waals surface area contributed by atoms with Gasteiger partial charge in [-0.3, -0.25) is 9.59 Å². The molecule has 0 bridgehead atoms. The van der Waals surface area contributed by atoms with Crippen molar-refractivity contribution >= 4 is 23.0 Å². The largest absolute Gasteiger partial charge is 0.493 e. The normalized spacial score (nSPS) is 10.4. The van der Waals surface area contributed by atoms with Crippen molar-refractivity contribution in [3.63, 3.8) is 0 Å². The maximum absolute atomic E-state index is 11.8. The highest BCUT2D eigenvalue weighted by molar-refractivity contribution is 5.99. The van der Waals surface area contributed by atoms with Crippen LogP contribution in [0.4, 0.5) is 5.69 Å². The van der Waals surface area contributed by atoms with Crippen molar-refractivity contribution in [1.29, 1.82) is 0 Å². The SMILES string of the molecule is CC.CCOc1cc(/C(=C\C(C)=O)c2ccc(NC(C)=O)cc2)ccc1OC. The molecule has 2 aromatic carbocycles. The fraction of sp³-hybridized carbons (Fsp3) is 0.304. The van der Waals surface area contributed by atoms with Crippen LogP contribution in [0.3, 0.4) is 0 Å². The summed E-state index contributed by atoms with van der Waals surface area (Å²) in [5.74, 6) is 1.07. The highest BCUT2D eigenvalue weighted by Gasteiger charge is 2.11. The lowest BCUT2D eigenvalue weighted by Gasteiger charge is -2.14. The maximum Gasteiger partial charge on any atom is 0.221 e. The highest BCUT2D eigenvalue weighted by Crippen LogP contribution is 2.33. The molecule has 0 radical (unpaired) electrons. The molecule has 0 unspecified atom stereocenters. The second-order valence-corrected chi connectivity index (χ2v) is 5.73. The van der Waals surface area contributed by atoms with Gasteiger partial charge in [0.2, 0.25) is 5.91 Å². The van der Waals surface area contributed by atoms with Crippen molar-refractivity contribution in [2.45, 2.75) is 34.6 Å². The Labute approximate surface area is 167 Å². The Morgan fingerprint density at radius 2 is 1.57 bits per heavy atom. The van der Waals surface area contributed by atoms with E-state index in [2.05, 4.69) is 5.32 Å². The van der Waals surface area contributed by atoms with E-state index in [4.69, 9.17) is 9.47 Å². The van der Waals surface area contributed by atoms with Crippen molar-refractivity contribution < 1.29 is 19.1 Å². The molecule has 0 spiro atoms. The maximum atomic E-state index is 11.8. The number of carbonyl (C=O) groups is 2. The predicted molar refractivity (Wildman–Crippen MR) is 114 cm³/mol. The van der Waals surface area contributed by atoms with Crippen LogP contribution in [0, 0.1) is 0 Å². The number of benzene rings is 2. The summed E-state index contributed by atoms with van der Waals surface area (Å²) in [5, 5.41) is 2.73. The standard InChI is InChI=1S/C21H23NO4.C2H6/c1-5-26-21-13-17(8-11-20(21)25-4)19(12-14(2)23)16-6-9-18(10-7-16)22-15(3)24;1-2/h6-13H,5H2,1-4H3,(H,22,24);1-2H3/b19-12-;. The minimum absolute atomic E-state index is 0.0558. The predicted octanol–water partition coefficient (Wildman–Crippen LogP) is 5.10. The van der Waals surface area contributed by atoms with Crippen LogP contribution in [-0.4, -0.2) is 25.4 Å². The van der Waals surface area contributed by atoms with Gasteiger partial charge < -0.3 is 14.8 Å². The average Bonchev–Trinajstić information content (AvgIpc) is 2.68. The van der Waals surface area contributed by atoms with E-state index in [9.17, 15) is 9.59 Å². The van der Waals surface area contributed by atoms with Crippen molar-refractivity contribution in [2.24, 2.45) is 0 Å². The quantitative estimate of drug-likeness (QED) is 0.676. The molecule has 0 aliphatic rings. The molecule has 0 saturated heterocycles. The molecule has 5 nitrogen and oxygen atoms in total. The first-order chi connectivity index (χ1) is 13.4. The third kappa shape index (κ3) is 6.58. The van der Waals surface area contributed by atoms with E-state index < -0.39 is 0 Å². The van der Waals surface area contributed by atoms with E-state index in [1.165, 1.54) is 13.8 Å². The third-order valence-electron chi connectivity index (χ3n) is 3.64. The van der Waals surface area contributed by atoms with E-state index >= 15 is 0 Å². The van der Waals surface area contributed by atoms with Gasteiger partial charge in [-0.1, -0.05) is 32.0 Å². The topological polar surface area (TPSA) is 64.6 Å². The van der Waals surface area contributed by atoms with Crippen LogP contribution in [0.2, 0.25) is 0 Å². The van der Waals surface area contributed by atoms with Gasteiger partial charge in [0.15, 0.2) is 17.3 Å². The van der Waals surface area contributed by atoms with Gasteiger partial charge in [-0.25, -0.2) is 0 Å². The summed E-state index contributed by atoms with van der Waals surface area (Å²) in [4.78, 5) is 22.9. The lowest BCUT2D eigenvalue weighted by Crippen LogP contribution is -2.05. The van der Waals surface area contributed by atoms with Gasteiger partial charge >= 0.3 is 0 Å². The molecule has 0 heterocycles. The average molecular weight is 383 g/mol. The van der Waals surface area contributed by atoms with Gasteiger partial charge in [0.25, 0.3) is 0 Å². The zero-order valence-corrected chi connectivity index (χ0v) is 17.5. The van der Waals surface area contributed by atoms with Crippen LogP contribution in [0.5, 0.6) is 11.5 Å². The Kier molecular flexibility index (Phi) is 9.51. The Balaban J connectivity index is 0.00000190. The van der Waals surface area contributed by atoms with E-state index in [0.29, 0.717) is 23.8 Å². The minimum Gasteiger partial charge on any atom is -0.493 e. The third-order valence-corrected chi connectivity index (χ3v) is 3.64. The number of allylic oxidation sites excluding steroid dienone is 1. The number of methoxy groups -OCH3 is 1. The molecule has 0 aromatic heterocycles. The molecule has 0 saturated carbocycles. The van der Waals surface area contributed by atoms with Crippen molar-refractivity contribution in [3.8, 4) is 11.5 Å². The number of anilines is 1. The van der Waals surface area contributed by atoms with Crippen molar-refractivity contribution in [3.05, 3.63) is 59.7 Å². The summed E-state index contributed by atoms with van der Waals surface area (Å²) in [7, 11) is 1.59. The van der Waals surface area contributed by atoms with Gasteiger partial charge in [0.05, 0.1) is 13.7 Å². The molecule has 28 heavy (non-hydrogen) atoms. The molecule has 0 atom stereocenters. The monoisotopic (exact) mass is 383 g/mol. The summed E-state index contributed by atoms with van der Waals surface area (Å²) in [5.41, 5.74) is 3.18. The lowest BCUT2D eigenvalue weighted by molar-refractivity contribution is -0.114. The number of amides is 1. The number of ketones is 1. The molecule has 0 aliphatic heterocycles. The number of hydrogen-bond donors (Lipinski definition) is 1. The fourth-order valence-electron chi connectivity index (χ4n) is 2.59. The molecule has 1 amide bonds. The van der Waals surface area contributed by atoms with Gasteiger partial charge in [-0.15, -0.1) is 0 Å². The summed E-state index contributed by atoms with van der Waals surface area (Å²) >= 11 is 0. The van der Waals surface area contributed by atoms with Gasteiger partial charge in [0.1, 0.15) is 0 Å². The first kappa shape index (κ1) is 23.0. The minimum atomic E-state index is -0.131. The molecule has 0 aliphatic carbocycles. The fourth-order valence-corrected chi connectivity index (χ4v) is 2.59. The van der Waals surface area contributed by atoms with Gasteiger partial charge in [0, 0.05) is 12.6 Å². The van der Waals surface area contributed by atoms with E-state index in [-0.39, 0.29) is 11.7 Å². The molecular weight excluding hydrogens is 354 g/mol. The second-order valence-electron chi connectivity index (χ2n) is 5.73. The first-order valence-corrected chi connectivity index (χ1v) is 9.36. The number of carbonyl (C=O) groups excluding carboxylic acids is 2. The van der Waals surface area contributed by atoms with Crippen molar-refractivity contribution in [1.82, 2.24) is 0 Å². The Hall–Kier alpha value is -3.08. The molecule has 5 heteroatoms. The summed E-state index contributed by atoms with van der Waals surface area (Å²) in [6, 6.07) is 12.9. The lowest BCUT2D eigenvalue weighted by atomic mass is 9.96. The highest BCUT2D eigenvalue weighted by atomic mass is 16.5. The summed E-state index contributed by atoms with van der Waals surface area (Å²) in [6.45, 7) is 9.39. The summed E-state index contributed by atoms with van der Waals surface area (Å²) < 4.78 is 11.0. The van der Waals surface area contributed by atoms with E-state index in [1.807, 2.05) is 51.1 Å². The number of rotatable bonds is 7. The molecular formula is C23H29NO4. The Morgan fingerprint density at radius 3 is 2.07 bits per heavy atom. The molecule has 2 rings (SSSR count). The molecule has 0 fully saturated rings. The number of hydrogen-bond acceptors (Lipinski definition) is 4. The Morgan fingerprint density at radius 1 is 0.964 bits per heavy atom. The second kappa shape index (κ2) is 11.6. The molecule has 1 N–H and O–H groups in total. The van der Waals surface area contributed by atoms with Crippen LogP contribution in [0.15, 0.2) is 48.5 Å². The van der Waals surface area contributed by atoms with Crippen LogP contribution in [0.1, 0.15) is 45.7 Å². The van der Waals surface area contributed by atoms with Crippen molar-refractivity contribution in [2.75, 3.05) is 19.0 Å². The number of nitrogens with one attached hydrogen (secondary N) is 1. The van der Waals surface area contributed by atoms with E-state index in [1.54, 1.807) is 25.3 Å². The van der Waals surface area contributed by atoms with Crippen LogP contribution in [-0.2, 0) is 9.59 Å². The van der Waals surface area contributed by atoms with E-state index in [0.717, 1.165) is 16.7 Å². The smallest absolute Gasteiger partial charge is 0.221 e. The summed E-state index contributed by atoms with van der Waals surface area (Å²) in [6.07, 6.45) is 1.59. The zero-order chi connectivity index (χ0) is 21.1. The van der Waals surface area contributed by atoms with Crippen LogP contribution >= 0.6 is 0 Å². The van der Waals surface area contributed by atoms with Crippen LogP contribution in [0.25, 0.3) is 5.57 Å². The molecule has 150 valence electrons. The first-order valence-electron chi connectivity index (χ1n) is 9.36. The van der Waals surface area contributed by atoms with Gasteiger partial charge in [-0.2, -0.15) is 0 Å². The van der Waals surface area contributed by atoms with Gasteiger partial charge in [-0.05, 0) is 60.9 Å². The zero-order valence-electron chi connectivity index (χ0n) is 17.5.